The summed E-state index contributed by atoms with van der Waals surface area (Å²) < 4.78 is 0. The van der Waals surface area contributed by atoms with Gasteiger partial charge in [0.25, 0.3) is 17.7 Å². The van der Waals surface area contributed by atoms with Crippen LogP contribution in [0.25, 0.3) is 0 Å². The van der Waals surface area contributed by atoms with Gasteiger partial charge in [0.15, 0.2) is 0 Å². The average molecular weight is 1120 g/mol. The zero-order valence-electron chi connectivity index (χ0n) is 46.8. The second-order valence-corrected chi connectivity index (χ2v) is 24.7. The molecule has 7 aliphatic heterocycles. The lowest BCUT2D eigenvalue weighted by Crippen LogP contribution is -2.58. The lowest BCUT2D eigenvalue weighted by molar-refractivity contribution is -0.154. The van der Waals surface area contributed by atoms with Gasteiger partial charge in [0.1, 0.15) is 34.7 Å². The molecule has 15 amide bonds. The Balaban J connectivity index is 1.07. The Morgan fingerprint density at radius 1 is 0.432 bits per heavy atom. The van der Waals surface area contributed by atoms with Gasteiger partial charge >= 0.3 is 18.1 Å². The summed E-state index contributed by atoms with van der Waals surface area (Å²) in [6, 6.07) is 10.8. The predicted molar refractivity (Wildman–Crippen MR) is 287 cm³/mol. The molecule has 432 valence electrons. The van der Waals surface area contributed by atoms with E-state index in [0.717, 1.165) is 37.3 Å². The molecular weight excluding hydrogens is 1040 g/mol. The fourth-order valence-electron chi connectivity index (χ4n) is 12.9. The summed E-state index contributed by atoms with van der Waals surface area (Å²) in [7, 11) is 0. The van der Waals surface area contributed by atoms with Crippen LogP contribution in [-0.2, 0) is 56.2 Å². The first-order valence-electron chi connectivity index (χ1n) is 28.2. The first-order chi connectivity index (χ1) is 38.4. The van der Waals surface area contributed by atoms with E-state index in [1.54, 1.807) is 88.4 Å². The standard InChI is InChI=1S/C57H72N12O12/c1-34(2)22-61-28-43(70)67-31-56(50(77)65(53(80)59-56)26-38-15-11-8-12-16-38)20-41(67)47(74)62(23-35(3)4)30-45(72)69-33-57(51(78)66(54(81)60-57)27-39-17-18-39)21-42(69)48(75)63(24-36(5)6)29-44(71)68-32-55(19-40(68)46(61)73)49(76)64(52(79)58-55)25-37-13-9-7-10-14-37/h7-16,34-36,39-42H,17-33H2,1-6H3,(H,58,79)(H,59,80)(H,60,81)/t40-,41-,42-,55-,56-,57-/m0/s1. The molecule has 6 atom stereocenters. The number of hydrogen-bond donors (Lipinski definition) is 3. The minimum atomic E-state index is -1.83. The number of benzene rings is 2. The molecule has 8 fully saturated rings. The largest absolute Gasteiger partial charge is 0.331 e. The van der Waals surface area contributed by atoms with Crippen LogP contribution in [0.5, 0.6) is 0 Å². The molecule has 3 N–H and O–H groups in total. The minimum absolute atomic E-state index is 0.0639. The molecule has 0 unspecified atom stereocenters. The third-order valence-corrected chi connectivity index (χ3v) is 16.8. The maximum atomic E-state index is 15.6. The number of urea groups is 3. The van der Waals surface area contributed by atoms with Crippen molar-refractivity contribution in [3.63, 3.8) is 0 Å². The van der Waals surface area contributed by atoms with E-state index in [2.05, 4.69) is 16.0 Å². The quantitative estimate of drug-likeness (QED) is 0.251. The van der Waals surface area contributed by atoms with E-state index >= 15 is 28.8 Å². The molecular formula is C57H72N12O12. The highest BCUT2D eigenvalue weighted by Gasteiger charge is 2.64. The van der Waals surface area contributed by atoms with Gasteiger partial charge in [0.05, 0.1) is 52.4 Å². The number of carbonyl (C=O) groups excluding carboxylic acids is 12. The van der Waals surface area contributed by atoms with Crippen LogP contribution in [0.4, 0.5) is 14.4 Å². The van der Waals surface area contributed by atoms with E-state index in [1.807, 2.05) is 13.8 Å². The summed E-state index contributed by atoms with van der Waals surface area (Å²) in [4.78, 5) is 188. The molecule has 8 aliphatic rings. The highest BCUT2D eigenvalue weighted by molar-refractivity contribution is 6.11. The van der Waals surface area contributed by atoms with Gasteiger partial charge in [0.2, 0.25) is 35.4 Å². The Hall–Kier alpha value is -7.92. The van der Waals surface area contributed by atoms with E-state index in [-0.39, 0.29) is 69.4 Å². The second kappa shape index (κ2) is 21.5. The fourth-order valence-corrected chi connectivity index (χ4v) is 12.9. The SMILES string of the molecule is CC(C)CN1CC(=O)N2C[C@]3(C[C@H]2C(=O)N(CC(C)C)CC(=O)N2C[C@]4(C[C@H]2C(=O)N(CC(C)C)CC(=O)N2C[C@]5(C[C@H]2C1=O)NC(=O)N(Cc1ccccc1)C5=O)NC(=O)N(Cc1ccccc1)C4=O)NC(=O)N(CC1CC1)C3=O. The van der Waals surface area contributed by atoms with Gasteiger partial charge in [-0.3, -0.25) is 57.9 Å². The number of hydrogen-bond acceptors (Lipinski definition) is 12. The van der Waals surface area contributed by atoms with Gasteiger partial charge in [-0.1, -0.05) is 102 Å². The molecule has 7 saturated heterocycles. The number of imide groups is 3. The highest BCUT2D eigenvalue weighted by Crippen LogP contribution is 2.40. The van der Waals surface area contributed by atoms with Gasteiger partial charge in [-0.2, -0.15) is 0 Å². The van der Waals surface area contributed by atoms with Gasteiger partial charge in [-0.15, -0.1) is 0 Å². The normalized spacial score (nSPS) is 28.8. The van der Waals surface area contributed by atoms with Crippen LogP contribution >= 0.6 is 0 Å². The van der Waals surface area contributed by atoms with Gasteiger partial charge in [0, 0.05) is 45.4 Å². The first-order valence-corrected chi connectivity index (χ1v) is 28.2. The summed E-state index contributed by atoms with van der Waals surface area (Å²) in [6.45, 7) is 6.99. The number of nitrogens with one attached hydrogen (secondary N) is 3. The molecule has 2 aromatic carbocycles. The summed E-state index contributed by atoms with van der Waals surface area (Å²) >= 11 is 0. The van der Waals surface area contributed by atoms with Crippen LogP contribution in [0, 0.1) is 23.7 Å². The monoisotopic (exact) mass is 1120 g/mol. The Morgan fingerprint density at radius 3 is 1.02 bits per heavy atom. The number of nitrogens with zero attached hydrogens (tertiary/aromatic N) is 9. The minimum Gasteiger partial charge on any atom is -0.331 e. The van der Waals surface area contributed by atoms with Gasteiger partial charge in [-0.05, 0) is 47.6 Å². The van der Waals surface area contributed by atoms with Crippen LogP contribution < -0.4 is 16.0 Å². The molecule has 1 aliphatic carbocycles. The zero-order chi connectivity index (χ0) is 58.0. The first kappa shape index (κ1) is 56.4. The van der Waals surface area contributed by atoms with Crippen molar-refractivity contribution in [1.29, 1.82) is 0 Å². The Bertz CT molecular complexity index is 2880. The lowest BCUT2D eigenvalue weighted by Gasteiger charge is -2.36. The second-order valence-electron chi connectivity index (χ2n) is 24.7. The summed E-state index contributed by atoms with van der Waals surface area (Å²) in [6.07, 6.45) is 0.417. The van der Waals surface area contributed by atoms with Crippen LogP contribution in [0.1, 0.15) is 84.8 Å². The van der Waals surface area contributed by atoms with E-state index in [4.69, 9.17) is 0 Å². The highest BCUT2D eigenvalue weighted by atomic mass is 16.2. The number of amides is 15. The van der Waals surface area contributed by atoms with Gasteiger partial charge in [-0.25, -0.2) is 14.4 Å². The Kier molecular flexibility index (Phi) is 15.0. The molecule has 10 rings (SSSR count). The van der Waals surface area contributed by atoms with Crippen LogP contribution in [0.3, 0.4) is 0 Å². The molecule has 3 spiro atoms. The van der Waals surface area contributed by atoms with Crippen molar-refractivity contribution in [2.75, 3.05) is 65.4 Å². The van der Waals surface area contributed by atoms with Crippen LogP contribution in [0.15, 0.2) is 60.7 Å². The molecule has 0 bridgehead atoms. The van der Waals surface area contributed by atoms with Crippen molar-refractivity contribution in [3.05, 3.63) is 71.8 Å². The number of rotatable bonds is 12. The molecule has 24 nitrogen and oxygen atoms in total. The van der Waals surface area contributed by atoms with Crippen molar-refractivity contribution < 1.29 is 57.5 Å². The van der Waals surface area contributed by atoms with Crippen LogP contribution in [-0.4, -0.2) is 216 Å². The summed E-state index contributed by atoms with van der Waals surface area (Å²) in [5.74, 6) is -7.49. The maximum absolute atomic E-state index is 15.6. The van der Waals surface area contributed by atoms with E-state index in [1.165, 1.54) is 19.6 Å². The van der Waals surface area contributed by atoms with Crippen molar-refractivity contribution in [3.8, 4) is 0 Å². The van der Waals surface area contributed by atoms with E-state index in [0.29, 0.717) is 11.1 Å². The predicted octanol–water partition coefficient (Wildman–Crippen LogP) is 0.939. The van der Waals surface area contributed by atoms with Crippen molar-refractivity contribution >= 4 is 71.3 Å². The molecule has 1 saturated carbocycles. The van der Waals surface area contributed by atoms with Crippen molar-refractivity contribution in [2.45, 2.75) is 121 Å². The number of fused-ring (bicyclic) bond motifs is 3. The van der Waals surface area contributed by atoms with Gasteiger partial charge < -0.3 is 45.3 Å². The molecule has 24 heteroatoms. The third-order valence-electron chi connectivity index (χ3n) is 16.8. The van der Waals surface area contributed by atoms with Crippen molar-refractivity contribution in [1.82, 2.24) is 60.0 Å². The Labute approximate surface area is 469 Å². The van der Waals surface area contributed by atoms with E-state index < -0.39 is 158 Å². The molecule has 0 radical (unpaired) electrons. The smallest absolute Gasteiger partial charge is 0.325 e. The molecule has 81 heavy (non-hydrogen) atoms. The zero-order valence-corrected chi connectivity index (χ0v) is 46.8. The summed E-state index contributed by atoms with van der Waals surface area (Å²) in [5.41, 5.74) is -4.16. The number of carbonyl (C=O) groups is 12. The van der Waals surface area contributed by atoms with Crippen molar-refractivity contribution in [2.24, 2.45) is 23.7 Å². The lowest BCUT2D eigenvalue weighted by atomic mass is 9.95. The Morgan fingerprint density at radius 2 is 0.728 bits per heavy atom. The maximum Gasteiger partial charge on any atom is 0.325 e. The third kappa shape index (κ3) is 10.7. The fraction of sp³-hybridized carbons (Fsp3) is 0.579. The summed E-state index contributed by atoms with van der Waals surface area (Å²) in [5, 5.41) is 8.40. The van der Waals surface area contributed by atoms with Crippen LogP contribution in [0.2, 0.25) is 0 Å². The topological polar surface area (TPSA) is 270 Å². The molecule has 7 heterocycles. The molecule has 0 aromatic heterocycles. The average Bonchev–Trinajstić information content (AvgIpc) is 3.72. The molecule has 2 aromatic rings. The van der Waals surface area contributed by atoms with E-state index in [9.17, 15) is 28.8 Å².